The van der Waals surface area contributed by atoms with E-state index in [9.17, 15) is 0 Å². The summed E-state index contributed by atoms with van der Waals surface area (Å²) in [6.45, 7) is 1.85. The minimum Gasteiger partial charge on any atom is -0.242 e. The van der Waals surface area contributed by atoms with Crippen molar-refractivity contribution in [2.45, 2.75) is 6.92 Å². The van der Waals surface area contributed by atoms with Crippen LogP contribution in [0.25, 0.3) is 0 Å². The normalized spacial score (nSPS) is 9.13. The predicted octanol–water partition coefficient (Wildman–Crippen LogP) is 2.18. The third kappa shape index (κ3) is 2.65. The molecule has 1 aromatic carbocycles. The summed E-state index contributed by atoms with van der Waals surface area (Å²) in [4.78, 5) is 8.22. The second-order valence-electron chi connectivity index (χ2n) is 3.11. The molecule has 2 aromatic rings. The molecular formula is C13H10N2. The fourth-order valence-corrected chi connectivity index (χ4v) is 1.18. The van der Waals surface area contributed by atoms with E-state index in [1.165, 1.54) is 0 Å². The van der Waals surface area contributed by atoms with Gasteiger partial charge in [0.05, 0.1) is 0 Å². The average Bonchev–Trinajstić information content (AvgIpc) is 2.28. The highest BCUT2D eigenvalue weighted by Gasteiger charge is 1.89. The summed E-state index contributed by atoms with van der Waals surface area (Å²) < 4.78 is 0. The molecule has 1 aromatic heterocycles. The van der Waals surface area contributed by atoms with Crippen LogP contribution in [0.2, 0.25) is 0 Å². The van der Waals surface area contributed by atoms with Crippen molar-refractivity contribution in [1.82, 2.24) is 9.97 Å². The van der Waals surface area contributed by atoms with Gasteiger partial charge in [-0.3, -0.25) is 0 Å². The molecule has 2 rings (SSSR count). The van der Waals surface area contributed by atoms with Crippen molar-refractivity contribution in [3.05, 3.63) is 59.7 Å². The summed E-state index contributed by atoms with van der Waals surface area (Å²) in [6, 6.07) is 11.7. The van der Waals surface area contributed by atoms with Crippen LogP contribution in [0, 0.1) is 18.8 Å². The molecule has 72 valence electrons. The van der Waals surface area contributed by atoms with Gasteiger partial charge in [-0.1, -0.05) is 24.1 Å². The van der Waals surface area contributed by atoms with E-state index in [1.54, 1.807) is 6.20 Å². The molecule has 0 aliphatic rings. The van der Waals surface area contributed by atoms with Crippen molar-refractivity contribution < 1.29 is 0 Å². The van der Waals surface area contributed by atoms with E-state index >= 15 is 0 Å². The Kier molecular flexibility index (Phi) is 2.75. The zero-order valence-corrected chi connectivity index (χ0v) is 8.44. The molecule has 2 heteroatoms. The van der Waals surface area contributed by atoms with Gasteiger partial charge in [0.15, 0.2) is 0 Å². The highest BCUT2D eigenvalue weighted by molar-refractivity contribution is 5.39. The molecule has 0 saturated carbocycles. The van der Waals surface area contributed by atoms with Crippen molar-refractivity contribution in [3.8, 4) is 11.8 Å². The average molecular weight is 194 g/mol. The number of nitrogens with zero attached hydrogens (tertiary/aromatic N) is 2. The highest BCUT2D eigenvalue weighted by atomic mass is 14.9. The molecule has 0 saturated heterocycles. The van der Waals surface area contributed by atoms with Crippen LogP contribution in [0.3, 0.4) is 0 Å². The molecule has 0 N–H and O–H groups in total. The second kappa shape index (κ2) is 4.39. The SMILES string of the molecule is Cc1nccc(C#Cc2ccccc2)n1. The first-order valence-corrected chi connectivity index (χ1v) is 4.71. The summed E-state index contributed by atoms with van der Waals surface area (Å²) in [5.41, 5.74) is 1.75. The smallest absolute Gasteiger partial charge is 0.126 e. The van der Waals surface area contributed by atoms with Gasteiger partial charge in [-0.25, -0.2) is 9.97 Å². The molecule has 0 spiro atoms. The third-order valence-corrected chi connectivity index (χ3v) is 1.88. The highest BCUT2D eigenvalue weighted by Crippen LogP contribution is 1.97. The molecule has 1 heterocycles. The Bertz CT molecular complexity index is 507. The molecule has 2 nitrogen and oxygen atoms in total. The van der Waals surface area contributed by atoms with E-state index in [0.29, 0.717) is 0 Å². The first-order chi connectivity index (χ1) is 7.34. The lowest BCUT2D eigenvalue weighted by Crippen LogP contribution is -1.89. The van der Waals surface area contributed by atoms with Crippen LogP contribution in [0.4, 0.5) is 0 Å². The van der Waals surface area contributed by atoms with Crippen LogP contribution >= 0.6 is 0 Å². The van der Waals surface area contributed by atoms with Gasteiger partial charge >= 0.3 is 0 Å². The number of aromatic nitrogens is 2. The van der Waals surface area contributed by atoms with Crippen molar-refractivity contribution in [2.24, 2.45) is 0 Å². The summed E-state index contributed by atoms with van der Waals surface area (Å²) in [5.74, 6) is 6.79. The van der Waals surface area contributed by atoms with Crippen LogP contribution in [0.1, 0.15) is 17.1 Å². The van der Waals surface area contributed by atoms with Crippen LogP contribution in [-0.4, -0.2) is 9.97 Å². The van der Waals surface area contributed by atoms with Crippen molar-refractivity contribution >= 4 is 0 Å². The fourth-order valence-electron chi connectivity index (χ4n) is 1.18. The van der Waals surface area contributed by atoms with Crippen LogP contribution in [0.5, 0.6) is 0 Å². The molecule has 0 aliphatic carbocycles. The molecule has 0 fully saturated rings. The van der Waals surface area contributed by atoms with Gasteiger partial charge in [-0.05, 0) is 31.0 Å². The quantitative estimate of drug-likeness (QED) is 0.601. The Hall–Kier alpha value is -2.14. The van der Waals surface area contributed by atoms with Gasteiger partial charge in [-0.15, -0.1) is 0 Å². The van der Waals surface area contributed by atoms with Gasteiger partial charge in [0, 0.05) is 11.8 Å². The van der Waals surface area contributed by atoms with Crippen LogP contribution in [-0.2, 0) is 0 Å². The zero-order valence-electron chi connectivity index (χ0n) is 8.44. The lowest BCUT2D eigenvalue weighted by Gasteiger charge is -1.91. The van der Waals surface area contributed by atoms with E-state index in [2.05, 4.69) is 21.8 Å². The van der Waals surface area contributed by atoms with E-state index in [4.69, 9.17) is 0 Å². The Balaban J connectivity index is 2.26. The fraction of sp³-hybridized carbons (Fsp3) is 0.0769. The molecule has 0 unspecified atom stereocenters. The molecule has 0 amide bonds. The van der Waals surface area contributed by atoms with Gasteiger partial charge < -0.3 is 0 Å². The maximum absolute atomic E-state index is 4.20. The van der Waals surface area contributed by atoms with Crippen molar-refractivity contribution in [1.29, 1.82) is 0 Å². The van der Waals surface area contributed by atoms with Crippen LogP contribution < -0.4 is 0 Å². The molecule has 0 bridgehead atoms. The standard InChI is InChI=1S/C13H10N2/c1-11-14-10-9-13(15-11)8-7-12-5-3-2-4-6-12/h2-6,9-10H,1H3. The topological polar surface area (TPSA) is 25.8 Å². The van der Waals surface area contributed by atoms with Crippen molar-refractivity contribution in [2.75, 3.05) is 0 Å². The molecular weight excluding hydrogens is 184 g/mol. The molecule has 0 atom stereocenters. The summed E-state index contributed by atoms with van der Waals surface area (Å²) in [7, 11) is 0. The summed E-state index contributed by atoms with van der Waals surface area (Å²) in [5, 5.41) is 0. The minimum atomic E-state index is 0.745. The largest absolute Gasteiger partial charge is 0.242 e. The maximum Gasteiger partial charge on any atom is 0.126 e. The second-order valence-corrected chi connectivity index (χ2v) is 3.11. The Morgan fingerprint density at radius 3 is 2.53 bits per heavy atom. The number of hydrogen-bond acceptors (Lipinski definition) is 2. The van der Waals surface area contributed by atoms with E-state index in [0.717, 1.165) is 17.1 Å². The monoisotopic (exact) mass is 194 g/mol. The van der Waals surface area contributed by atoms with Gasteiger partial charge in [0.25, 0.3) is 0 Å². The van der Waals surface area contributed by atoms with Crippen molar-refractivity contribution in [3.63, 3.8) is 0 Å². The molecule has 0 aliphatic heterocycles. The first-order valence-electron chi connectivity index (χ1n) is 4.71. The minimum absolute atomic E-state index is 0.745. The number of aryl methyl sites for hydroxylation is 1. The number of rotatable bonds is 0. The first kappa shape index (κ1) is 9.42. The maximum atomic E-state index is 4.20. The predicted molar refractivity (Wildman–Crippen MR) is 59.2 cm³/mol. The molecule has 0 radical (unpaired) electrons. The van der Waals surface area contributed by atoms with Gasteiger partial charge in [-0.2, -0.15) is 0 Å². The zero-order chi connectivity index (χ0) is 10.5. The third-order valence-electron chi connectivity index (χ3n) is 1.88. The summed E-state index contributed by atoms with van der Waals surface area (Å²) in [6.07, 6.45) is 1.72. The summed E-state index contributed by atoms with van der Waals surface area (Å²) >= 11 is 0. The Morgan fingerprint density at radius 1 is 1.00 bits per heavy atom. The molecule has 15 heavy (non-hydrogen) atoms. The lowest BCUT2D eigenvalue weighted by molar-refractivity contribution is 1.04. The lowest BCUT2D eigenvalue weighted by atomic mass is 10.2. The van der Waals surface area contributed by atoms with Gasteiger partial charge in [0.2, 0.25) is 0 Å². The Morgan fingerprint density at radius 2 is 1.80 bits per heavy atom. The number of benzene rings is 1. The Labute approximate surface area is 89.0 Å². The van der Waals surface area contributed by atoms with E-state index < -0.39 is 0 Å². The van der Waals surface area contributed by atoms with Gasteiger partial charge in [0.1, 0.15) is 11.5 Å². The van der Waals surface area contributed by atoms with Crippen LogP contribution in [0.15, 0.2) is 42.6 Å². The van der Waals surface area contributed by atoms with E-state index in [1.807, 2.05) is 43.3 Å². The number of hydrogen-bond donors (Lipinski definition) is 0. The van der Waals surface area contributed by atoms with E-state index in [-0.39, 0.29) is 0 Å².